The van der Waals surface area contributed by atoms with Crippen molar-refractivity contribution in [3.63, 3.8) is 0 Å². The number of alkyl halides is 2. The second-order valence-electron chi connectivity index (χ2n) is 4.79. The van der Waals surface area contributed by atoms with Crippen LogP contribution in [0.4, 0.5) is 8.78 Å². The van der Waals surface area contributed by atoms with E-state index in [-0.39, 0.29) is 18.8 Å². The Morgan fingerprint density at radius 3 is 3.00 bits per heavy atom. The zero-order valence-electron chi connectivity index (χ0n) is 9.94. The maximum Gasteiger partial charge on any atom is 0.248 e. The van der Waals surface area contributed by atoms with E-state index >= 15 is 0 Å². The molecular formula is C12H18F2N2O. The zero-order valence-corrected chi connectivity index (χ0v) is 9.94. The summed E-state index contributed by atoms with van der Waals surface area (Å²) >= 11 is 0. The summed E-state index contributed by atoms with van der Waals surface area (Å²) in [5.74, 6) is -2.97. The van der Waals surface area contributed by atoms with Gasteiger partial charge < -0.3 is 5.11 Å². The predicted octanol–water partition coefficient (Wildman–Crippen LogP) is 2.76. The van der Waals surface area contributed by atoms with E-state index in [0.29, 0.717) is 24.9 Å². The molecule has 0 radical (unpaired) electrons. The highest BCUT2D eigenvalue weighted by molar-refractivity contribution is 5.10. The van der Waals surface area contributed by atoms with Crippen LogP contribution in [0.2, 0.25) is 0 Å². The molecule has 1 aromatic rings. The molecule has 0 spiro atoms. The molecule has 1 heterocycles. The Bertz CT molecular complexity index is 378. The summed E-state index contributed by atoms with van der Waals surface area (Å²) in [4.78, 5) is 0. The lowest BCUT2D eigenvalue weighted by molar-refractivity contribution is -0.0761. The summed E-state index contributed by atoms with van der Waals surface area (Å²) in [7, 11) is 0. The molecule has 1 aliphatic carbocycles. The van der Waals surface area contributed by atoms with Crippen LogP contribution in [0.15, 0.2) is 12.4 Å². The largest absolute Gasteiger partial charge is 0.388 e. The minimum absolute atomic E-state index is 0.0511. The Labute approximate surface area is 99.4 Å². The fourth-order valence-corrected chi connectivity index (χ4v) is 2.46. The SMILES string of the molecule is CCn1cc(C(O)C2CCCC(F)(F)C2)cn1. The van der Waals surface area contributed by atoms with Gasteiger partial charge in [-0.1, -0.05) is 0 Å². The molecule has 0 amide bonds. The number of rotatable bonds is 3. The minimum Gasteiger partial charge on any atom is -0.388 e. The standard InChI is InChI=1S/C12H18F2N2O/c1-2-16-8-10(7-15-16)11(17)9-4-3-5-12(13,14)6-9/h7-9,11,17H,2-6H2,1H3. The van der Waals surface area contributed by atoms with Crippen LogP contribution in [-0.2, 0) is 6.54 Å². The van der Waals surface area contributed by atoms with Gasteiger partial charge in [0.05, 0.1) is 12.3 Å². The average Bonchev–Trinajstić information content (AvgIpc) is 2.75. The first kappa shape index (κ1) is 12.5. The molecule has 5 heteroatoms. The van der Waals surface area contributed by atoms with Crippen molar-refractivity contribution in [3.05, 3.63) is 18.0 Å². The molecule has 3 nitrogen and oxygen atoms in total. The third-order valence-corrected chi connectivity index (χ3v) is 3.44. The van der Waals surface area contributed by atoms with Crippen molar-refractivity contribution in [1.29, 1.82) is 0 Å². The third-order valence-electron chi connectivity index (χ3n) is 3.44. The van der Waals surface area contributed by atoms with Crippen molar-refractivity contribution in [2.24, 2.45) is 5.92 Å². The number of hydrogen-bond acceptors (Lipinski definition) is 2. The lowest BCUT2D eigenvalue weighted by Gasteiger charge is -2.31. The maximum atomic E-state index is 13.3. The number of nitrogens with zero attached hydrogens (tertiary/aromatic N) is 2. The van der Waals surface area contributed by atoms with Crippen LogP contribution < -0.4 is 0 Å². The van der Waals surface area contributed by atoms with E-state index in [1.807, 2.05) is 6.92 Å². The number of aromatic nitrogens is 2. The molecule has 0 bridgehead atoms. The Kier molecular flexibility index (Phi) is 3.47. The second-order valence-corrected chi connectivity index (χ2v) is 4.79. The maximum absolute atomic E-state index is 13.3. The van der Waals surface area contributed by atoms with Gasteiger partial charge in [-0.3, -0.25) is 4.68 Å². The normalized spacial score (nSPS) is 25.8. The van der Waals surface area contributed by atoms with Gasteiger partial charge in [0.1, 0.15) is 0 Å². The fraction of sp³-hybridized carbons (Fsp3) is 0.750. The van der Waals surface area contributed by atoms with Gasteiger partial charge in [-0.25, -0.2) is 8.78 Å². The summed E-state index contributed by atoms with van der Waals surface area (Å²) in [5.41, 5.74) is 0.648. The molecule has 0 aromatic carbocycles. The topological polar surface area (TPSA) is 38.0 Å². The van der Waals surface area contributed by atoms with Crippen molar-refractivity contribution in [1.82, 2.24) is 9.78 Å². The minimum atomic E-state index is -2.62. The Morgan fingerprint density at radius 2 is 2.41 bits per heavy atom. The summed E-state index contributed by atoms with van der Waals surface area (Å²) in [6.45, 7) is 2.66. The van der Waals surface area contributed by atoms with E-state index in [0.717, 1.165) is 0 Å². The highest BCUT2D eigenvalue weighted by Gasteiger charge is 2.39. The molecule has 0 aliphatic heterocycles. The molecule has 2 rings (SSSR count). The van der Waals surface area contributed by atoms with Crippen molar-refractivity contribution in [2.45, 2.75) is 51.2 Å². The Morgan fingerprint density at radius 1 is 1.65 bits per heavy atom. The lowest BCUT2D eigenvalue weighted by atomic mass is 9.81. The summed E-state index contributed by atoms with van der Waals surface area (Å²) in [5, 5.41) is 14.2. The van der Waals surface area contributed by atoms with Crippen LogP contribution in [-0.4, -0.2) is 20.8 Å². The van der Waals surface area contributed by atoms with E-state index in [1.165, 1.54) is 0 Å². The fourth-order valence-electron chi connectivity index (χ4n) is 2.46. The molecular weight excluding hydrogens is 226 g/mol. The quantitative estimate of drug-likeness (QED) is 0.887. The zero-order chi connectivity index (χ0) is 12.5. The van der Waals surface area contributed by atoms with Gasteiger partial charge in [0, 0.05) is 31.1 Å². The molecule has 2 unspecified atom stereocenters. The smallest absolute Gasteiger partial charge is 0.248 e. The third kappa shape index (κ3) is 2.83. The van der Waals surface area contributed by atoms with Gasteiger partial charge in [-0.05, 0) is 25.7 Å². The molecule has 2 atom stereocenters. The molecule has 0 saturated heterocycles. The monoisotopic (exact) mass is 244 g/mol. The highest BCUT2D eigenvalue weighted by atomic mass is 19.3. The first-order valence-electron chi connectivity index (χ1n) is 6.10. The van der Waals surface area contributed by atoms with Crippen LogP contribution >= 0.6 is 0 Å². The predicted molar refractivity (Wildman–Crippen MR) is 59.8 cm³/mol. The first-order valence-corrected chi connectivity index (χ1v) is 6.10. The van der Waals surface area contributed by atoms with Crippen LogP contribution in [0, 0.1) is 5.92 Å². The molecule has 96 valence electrons. The molecule has 1 aliphatic rings. The molecule has 1 aromatic heterocycles. The number of aliphatic hydroxyl groups excluding tert-OH is 1. The molecule has 1 fully saturated rings. The van der Waals surface area contributed by atoms with Gasteiger partial charge in [-0.2, -0.15) is 5.10 Å². The number of halogens is 2. The van der Waals surface area contributed by atoms with Crippen molar-refractivity contribution < 1.29 is 13.9 Å². The first-order chi connectivity index (χ1) is 8.02. The van der Waals surface area contributed by atoms with Gasteiger partial charge in [0.25, 0.3) is 0 Å². The van der Waals surface area contributed by atoms with E-state index in [4.69, 9.17) is 0 Å². The van der Waals surface area contributed by atoms with Crippen LogP contribution in [0.1, 0.15) is 44.3 Å². The van der Waals surface area contributed by atoms with Crippen LogP contribution in [0.3, 0.4) is 0 Å². The summed E-state index contributed by atoms with van der Waals surface area (Å²) in [6, 6.07) is 0. The molecule has 1 N–H and O–H groups in total. The lowest BCUT2D eigenvalue weighted by Crippen LogP contribution is -2.29. The Balaban J connectivity index is 2.06. The van der Waals surface area contributed by atoms with Gasteiger partial charge in [0.15, 0.2) is 0 Å². The number of hydrogen-bond donors (Lipinski definition) is 1. The summed E-state index contributed by atoms with van der Waals surface area (Å²) < 4.78 is 28.2. The summed E-state index contributed by atoms with van der Waals surface area (Å²) in [6.07, 6.45) is 3.36. The number of aliphatic hydroxyl groups is 1. The average molecular weight is 244 g/mol. The van der Waals surface area contributed by atoms with Crippen LogP contribution in [0.5, 0.6) is 0 Å². The van der Waals surface area contributed by atoms with Gasteiger partial charge in [0.2, 0.25) is 5.92 Å². The van der Waals surface area contributed by atoms with E-state index in [9.17, 15) is 13.9 Å². The Hall–Kier alpha value is -0.970. The van der Waals surface area contributed by atoms with Crippen LogP contribution in [0.25, 0.3) is 0 Å². The van der Waals surface area contributed by atoms with Gasteiger partial charge in [-0.15, -0.1) is 0 Å². The van der Waals surface area contributed by atoms with Crippen molar-refractivity contribution in [3.8, 4) is 0 Å². The van der Waals surface area contributed by atoms with E-state index < -0.39 is 12.0 Å². The molecule has 17 heavy (non-hydrogen) atoms. The van der Waals surface area contributed by atoms with Crippen molar-refractivity contribution in [2.75, 3.05) is 0 Å². The highest BCUT2D eigenvalue weighted by Crippen LogP contribution is 2.41. The van der Waals surface area contributed by atoms with E-state index in [1.54, 1.807) is 17.1 Å². The van der Waals surface area contributed by atoms with E-state index in [2.05, 4.69) is 5.10 Å². The molecule has 1 saturated carbocycles. The number of aryl methyl sites for hydroxylation is 1. The second kappa shape index (κ2) is 4.72. The van der Waals surface area contributed by atoms with Gasteiger partial charge >= 0.3 is 0 Å². The van der Waals surface area contributed by atoms with Crippen molar-refractivity contribution >= 4 is 0 Å².